The van der Waals surface area contributed by atoms with Gasteiger partial charge in [0.25, 0.3) is 5.19 Å². The predicted molar refractivity (Wildman–Crippen MR) is 69.7 cm³/mol. The van der Waals surface area contributed by atoms with Crippen LogP contribution in [0.4, 0.5) is 5.69 Å². The first-order chi connectivity index (χ1) is 8.60. The van der Waals surface area contributed by atoms with Crippen molar-refractivity contribution >= 4 is 28.6 Å². The molecule has 0 fully saturated rings. The lowest BCUT2D eigenvalue weighted by Crippen LogP contribution is -1.94. The lowest BCUT2D eigenvalue weighted by Gasteiger charge is -2.04. The zero-order valence-corrected chi connectivity index (χ0v) is 11.0. The van der Waals surface area contributed by atoms with E-state index < -0.39 is 4.92 Å². The first-order valence-corrected chi connectivity index (χ1v) is 6.42. The lowest BCUT2D eigenvalue weighted by atomic mass is 10.1. The zero-order valence-electron chi connectivity index (χ0n) is 9.42. The van der Waals surface area contributed by atoms with Crippen molar-refractivity contribution in [1.82, 2.24) is 4.98 Å². The summed E-state index contributed by atoms with van der Waals surface area (Å²) in [6.45, 7) is 1.93. The normalized spacial score (nSPS) is 10.3. The van der Waals surface area contributed by atoms with Crippen LogP contribution in [0.2, 0.25) is 5.15 Å². The van der Waals surface area contributed by atoms with Gasteiger partial charge in [-0.25, -0.2) is 0 Å². The molecule has 1 aromatic heterocycles. The number of ether oxygens (including phenoxy) is 1. The number of aromatic nitrogens is 1. The molecule has 0 atom stereocenters. The standard InChI is InChI=1S/C11H9ClN2O3S/c1-2-7-3-4-9(8(5-7)14(15)16)17-11-13-10(12)6-18-11/h3-6H,2H2,1H3. The Morgan fingerprint density at radius 2 is 2.33 bits per heavy atom. The van der Waals surface area contributed by atoms with Gasteiger partial charge >= 0.3 is 5.69 Å². The van der Waals surface area contributed by atoms with Crippen LogP contribution in [0.1, 0.15) is 12.5 Å². The van der Waals surface area contributed by atoms with E-state index in [1.54, 1.807) is 17.5 Å². The highest BCUT2D eigenvalue weighted by Crippen LogP contribution is 2.34. The Hall–Kier alpha value is -1.66. The molecule has 94 valence electrons. The summed E-state index contributed by atoms with van der Waals surface area (Å²) in [5, 5.41) is 13.2. The molecule has 0 radical (unpaired) electrons. The van der Waals surface area contributed by atoms with Crippen molar-refractivity contribution in [2.75, 3.05) is 0 Å². The molecule has 0 aliphatic carbocycles. The summed E-state index contributed by atoms with van der Waals surface area (Å²) >= 11 is 6.85. The van der Waals surface area contributed by atoms with E-state index in [0.29, 0.717) is 5.15 Å². The van der Waals surface area contributed by atoms with E-state index in [9.17, 15) is 10.1 Å². The van der Waals surface area contributed by atoms with Crippen LogP contribution in [0, 0.1) is 10.1 Å². The minimum absolute atomic E-state index is 0.0688. The van der Waals surface area contributed by atoms with Crippen molar-refractivity contribution in [3.63, 3.8) is 0 Å². The summed E-state index contributed by atoms with van der Waals surface area (Å²) in [5.41, 5.74) is 0.812. The molecule has 7 heteroatoms. The molecule has 0 bridgehead atoms. The van der Waals surface area contributed by atoms with E-state index in [1.165, 1.54) is 17.4 Å². The predicted octanol–water partition coefficient (Wildman–Crippen LogP) is 4.06. The van der Waals surface area contributed by atoms with Gasteiger partial charge in [0.2, 0.25) is 5.75 Å². The number of nitro groups is 1. The molecule has 0 saturated carbocycles. The number of nitro benzene ring substituents is 1. The van der Waals surface area contributed by atoms with E-state index >= 15 is 0 Å². The SMILES string of the molecule is CCc1ccc(Oc2nc(Cl)cs2)c([N+](=O)[O-])c1. The molecule has 0 N–H and O–H groups in total. The first-order valence-electron chi connectivity index (χ1n) is 5.16. The molecular formula is C11H9ClN2O3S. The molecule has 1 heterocycles. The fourth-order valence-corrected chi connectivity index (χ4v) is 2.19. The lowest BCUT2D eigenvalue weighted by molar-refractivity contribution is -0.385. The zero-order chi connectivity index (χ0) is 13.1. The summed E-state index contributed by atoms with van der Waals surface area (Å²) < 4.78 is 5.37. The Morgan fingerprint density at radius 1 is 1.56 bits per heavy atom. The Bertz CT molecular complexity index is 585. The minimum Gasteiger partial charge on any atom is -0.423 e. The van der Waals surface area contributed by atoms with Crippen molar-refractivity contribution in [2.45, 2.75) is 13.3 Å². The second kappa shape index (κ2) is 5.32. The third-order valence-corrected chi connectivity index (χ3v) is 3.32. The Morgan fingerprint density at radius 3 is 2.89 bits per heavy atom. The fourth-order valence-electron chi connectivity index (χ4n) is 1.39. The topological polar surface area (TPSA) is 65.3 Å². The van der Waals surface area contributed by atoms with Gasteiger partial charge in [-0.05, 0) is 18.1 Å². The third-order valence-electron chi connectivity index (χ3n) is 2.28. The molecule has 0 aliphatic heterocycles. The van der Waals surface area contributed by atoms with E-state index in [-0.39, 0.29) is 16.6 Å². The maximum absolute atomic E-state index is 11.0. The van der Waals surface area contributed by atoms with Gasteiger partial charge in [0, 0.05) is 11.4 Å². The van der Waals surface area contributed by atoms with Crippen LogP contribution in [0.5, 0.6) is 10.9 Å². The summed E-state index contributed by atoms with van der Waals surface area (Å²) in [5.74, 6) is 0.170. The van der Waals surface area contributed by atoms with Gasteiger partial charge in [-0.3, -0.25) is 10.1 Å². The molecule has 18 heavy (non-hydrogen) atoms. The largest absolute Gasteiger partial charge is 0.423 e. The number of benzene rings is 1. The average Bonchev–Trinajstić information content (AvgIpc) is 2.75. The highest BCUT2D eigenvalue weighted by molar-refractivity contribution is 7.11. The second-order valence-electron chi connectivity index (χ2n) is 3.45. The van der Waals surface area contributed by atoms with Crippen molar-refractivity contribution in [2.24, 2.45) is 0 Å². The quantitative estimate of drug-likeness (QED) is 0.627. The summed E-state index contributed by atoms with van der Waals surface area (Å²) in [6.07, 6.45) is 0.726. The minimum atomic E-state index is -0.469. The second-order valence-corrected chi connectivity index (χ2v) is 4.66. The van der Waals surface area contributed by atoms with Gasteiger partial charge in [-0.2, -0.15) is 4.98 Å². The van der Waals surface area contributed by atoms with Gasteiger partial charge < -0.3 is 4.74 Å². The molecule has 0 spiro atoms. The molecule has 0 aliphatic rings. The third kappa shape index (κ3) is 2.77. The first kappa shape index (κ1) is 12.8. The van der Waals surface area contributed by atoms with Crippen molar-refractivity contribution in [3.8, 4) is 10.9 Å². The number of hydrogen-bond acceptors (Lipinski definition) is 5. The van der Waals surface area contributed by atoms with E-state index in [0.717, 1.165) is 12.0 Å². The summed E-state index contributed by atoms with van der Waals surface area (Å²) in [4.78, 5) is 14.4. The number of halogens is 1. The van der Waals surface area contributed by atoms with Gasteiger partial charge in [0.1, 0.15) is 5.15 Å². The Labute approximate surface area is 112 Å². The van der Waals surface area contributed by atoms with Crippen LogP contribution in [0.15, 0.2) is 23.6 Å². The summed E-state index contributed by atoms with van der Waals surface area (Å²) in [6, 6.07) is 4.87. The van der Waals surface area contributed by atoms with Gasteiger partial charge in [0.05, 0.1) is 4.92 Å². The Kier molecular flexibility index (Phi) is 3.78. The maximum Gasteiger partial charge on any atom is 0.311 e. The number of hydrogen-bond donors (Lipinski definition) is 0. The van der Waals surface area contributed by atoms with Crippen molar-refractivity contribution < 1.29 is 9.66 Å². The average molecular weight is 285 g/mol. The van der Waals surface area contributed by atoms with E-state index in [4.69, 9.17) is 16.3 Å². The van der Waals surface area contributed by atoms with Crippen LogP contribution in [-0.4, -0.2) is 9.91 Å². The van der Waals surface area contributed by atoms with Gasteiger partial charge in [-0.1, -0.05) is 35.9 Å². The van der Waals surface area contributed by atoms with Crippen LogP contribution >= 0.6 is 22.9 Å². The van der Waals surface area contributed by atoms with Crippen LogP contribution in [0.25, 0.3) is 0 Å². The molecule has 0 unspecified atom stereocenters. The van der Waals surface area contributed by atoms with Crippen molar-refractivity contribution in [3.05, 3.63) is 44.4 Å². The highest BCUT2D eigenvalue weighted by Gasteiger charge is 2.17. The molecule has 0 amide bonds. The van der Waals surface area contributed by atoms with Crippen LogP contribution in [-0.2, 0) is 6.42 Å². The maximum atomic E-state index is 11.0. The van der Waals surface area contributed by atoms with E-state index in [2.05, 4.69) is 4.98 Å². The number of nitrogens with zero attached hydrogens (tertiary/aromatic N) is 2. The molecule has 2 aromatic rings. The van der Waals surface area contributed by atoms with Crippen molar-refractivity contribution in [1.29, 1.82) is 0 Å². The van der Waals surface area contributed by atoms with E-state index in [1.807, 2.05) is 6.92 Å². The van der Waals surface area contributed by atoms with Gasteiger partial charge in [0.15, 0.2) is 0 Å². The number of aryl methyl sites for hydroxylation is 1. The fraction of sp³-hybridized carbons (Fsp3) is 0.182. The Balaban J connectivity index is 2.34. The molecule has 2 rings (SSSR count). The molecular weight excluding hydrogens is 276 g/mol. The molecule has 0 saturated heterocycles. The van der Waals surface area contributed by atoms with Gasteiger partial charge in [-0.15, -0.1) is 0 Å². The highest BCUT2D eigenvalue weighted by atomic mass is 35.5. The van der Waals surface area contributed by atoms with Crippen LogP contribution < -0.4 is 4.74 Å². The smallest absolute Gasteiger partial charge is 0.311 e. The molecule has 1 aromatic carbocycles. The summed E-state index contributed by atoms with van der Waals surface area (Å²) in [7, 11) is 0. The number of rotatable bonds is 4. The number of thiazole rings is 1. The monoisotopic (exact) mass is 284 g/mol. The molecule has 5 nitrogen and oxygen atoms in total. The van der Waals surface area contributed by atoms with Crippen LogP contribution in [0.3, 0.4) is 0 Å².